The maximum absolute atomic E-state index is 12.3. The molecule has 0 radical (unpaired) electrons. The summed E-state index contributed by atoms with van der Waals surface area (Å²) in [6, 6.07) is 7.55. The number of carbonyl (C=O) groups is 2. The zero-order chi connectivity index (χ0) is 14.7. The Bertz CT molecular complexity index is 617. The van der Waals surface area contributed by atoms with Gasteiger partial charge < -0.3 is 0 Å². The maximum Gasteiger partial charge on any atom is 0.265 e. The number of hydrogen-bond donors (Lipinski definition) is 1. The van der Waals surface area contributed by atoms with Gasteiger partial charge in [-0.2, -0.15) is 0 Å². The van der Waals surface area contributed by atoms with E-state index >= 15 is 0 Å². The minimum atomic E-state index is -0.471. The Morgan fingerprint density at radius 1 is 1.30 bits per heavy atom. The highest BCUT2D eigenvalue weighted by molar-refractivity contribution is 7.80. The monoisotopic (exact) mass is 286 g/mol. The fraction of sp³-hybridized carbons (Fsp3) is 0.133. The number of amides is 2. The van der Waals surface area contributed by atoms with E-state index in [1.54, 1.807) is 12.2 Å². The van der Waals surface area contributed by atoms with E-state index in [1.807, 2.05) is 31.2 Å². The summed E-state index contributed by atoms with van der Waals surface area (Å²) in [5.74, 6) is -0.875. The molecule has 1 saturated heterocycles. The molecular weight excluding hydrogens is 272 g/mol. The minimum Gasteiger partial charge on any atom is -0.298 e. The number of benzene rings is 1. The van der Waals surface area contributed by atoms with Crippen molar-refractivity contribution in [2.24, 2.45) is 0 Å². The standard InChI is InChI=1S/C15H14N2O2S/c1-3-8-17-14(19)12(13(18)16-15(17)20)9-11-6-4-10(2)5-7-11/h3-7,9H,1,8H2,2H3,(H,16,18,20)/b12-9-. The molecule has 0 saturated carbocycles. The molecule has 1 fully saturated rings. The topological polar surface area (TPSA) is 49.4 Å². The first-order valence-corrected chi connectivity index (χ1v) is 6.50. The first-order valence-electron chi connectivity index (χ1n) is 6.09. The second-order valence-electron chi connectivity index (χ2n) is 4.43. The largest absolute Gasteiger partial charge is 0.298 e. The predicted octanol–water partition coefficient (Wildman–Crippen LogP) is 1.81. The SMILES string of the molecule is C=CCN1C(=O)/C(=C\c2ccc(C)cc2)C(=O)NC1=S. The second-order valence-corrected chi connectivity index (χ2v) is 4.82. The van der Waals surface area contributed by atoms with Crippen LogP contribution in [0.3, 0.4) is 0 Å². The average Bonchev–Trinajstić information content (AvgIpc) is 2.41. The first-order chi connectivity index (χ1) is 9.52. The van der Waals surface area contributed by atoms with E-state index in [-0.39, 0.29) is 17.2 Å². The molecule has 0 aliphatic carbocycles. The Morgan fingerprint density at radius 2 is 1.95 bits per heavy atom. The van der Waals surface area contributed by atoms with E-state index in [4.69, 9.17) is 12.2 Å². The smallest absolute Gasteiger partial charge is 0.265 e. The molecule has 0 aromatic heterocycles. The lowest BCUT2D eigenvalue weighted by atomic mass is 10.1. The summed E-state index contributed by atoms with van der Waals surface area (Å²) in [5, 5.41) is 2.62. The molecule has 1 N–H and O–H groups in total. The minimum absolute atomic E-state index is 0.0734. The van der Waals surface area contributed by atoms with E-state index in [1.165, 1.54) is 4.90 Å². The van der Waals surface area contributed by atoms with Gasteiger partial charge in [0.25, 0.3) is 11.8 Å². The van der Waals surface area contributed by atoms with Gasteiger partial charge in [0, 0.05) is 6.54 Å². The number of nitrogens with zero attached hydrogens (tertiary/aromatic N) is 1. The van der Waals surface area contributed by atoms with Crippen LogP contribution >= 0.6 is 12.2 Å². The normalized spacial score (nSPS) is 17.4. The van der Waals surface area contributed by atoms with Gasteiger partial charge in [0.2, 0.25) is 0 Å². The van der Waals surface area contributed by atoms with Crippen molar-refractivity contribution in [1.82, 2.24) is 10.2 Å². The van der Waals surface area contributed by atoms with Gasteiger partial charge in [-0.1, -0.05) is 35.9 Å². The van der Waals surface area contributed by atoms with Crippen molar-refractivity contribution < 1.29 is 9.59 Å². The van der Waals surface area contributed by atoms with Crippen LogP contribution in [0.15, 0.2) is 42.5 Å². The number of rotatable bonds is 3. The van der Waals surface area contributed by atoms with Crippen LogP contribution in [0.4, 0.5) is 0 Å². The summed E-state index contributed by atoms with van der Waals surface area (Å²) in [4.78, 5) is 25.5. The van der Waals surface area contributed by atoms with Gasteiger partial charge >= 0.3 is 0 Å². The molecule has 5 heteroatoms. The summed E-state index contributed by atoms with van der Waals surface area (Å²) < 4.78 is 0. The molecule has 0 bridgehead atoms. The Balaban J connectivity index is 2.36. The van der Waals surface area contributed by atoms with Crippen LogP contribution in [0, 0.1) is 6.92 Å². The van der Waals surface area contributed by atoms with Crippen LogP contribution in [0.5, 0.6) is 0 Å². The third-order valence-electron chi connectivity index (χ3n) is 2.89. The lowest BCUT2D eigenvalue weighted by Gasteiger charge is -2.27. The predicted molar refractivity (Wildman–Crippen MR) is 81.8 cm³/mol. The molecule has 2 rings (SSSR count). The van der Waals surface area contributed by atoms with Gasteiger partial charge in [-0.25, -0.2) is 0 Å². The van der Waals surface area contributed by atoms with Gasteiger partial charge in [-0.3, -0.25) is 19.8 Å². The average molecular weight is 286 g/mol. The molecule has 102 valence electrons. The van der Waals surface area contributed by atoms with Crippen molar-refractivity contribution in [2.45, 2.75) is 6.92 Å². The van der Waals surface area contributed by atoms with Crippen LogP contribution < -0.4 is 5.32 Å². The highest BCUT2D eigenvalue weighted by atomic mass is 32.1. The highest BCUT2D eigenvalue weighted by Crippen LogP contribution is 2.15. The van der Waals surface area contributed by atoms with E-state index in [0.29, 0.717) is 0 Å². The zero-order valence-corrected chi connectivity index (χ0v) is 11.9. The summed E-state index contributed by atoms with van der Waals surface area (Å²) >= 11 is 4.98. The molecule has 20 heavy (non-hydrogen) atoms. The molecular formula is C15H14N2O2S. The Kier molecular flexibility index (Phi) is 4.10. The van der Waals surface area contributed by atoms with Crippen LogP contribution in [0.1, 0.15) is 11.1 Å². The van der Waals surface area contributed by atoms with Gasteiger partial charge in [-0.15, -0.1) is 6.58 Å². The van der Waals surface area contributed by atoms with E-state index in [2.05, 4.69) is 11.9 Å². The number of hydrogen-bond acceptors (Lipinski definition) is 3. The first kappa shape index (κ1) is 14.1. The molecule has 0 spiro atoms. The number of aryl methyl sites for hydroxylation is 1. The van der Waals surface area contributed by atoms with Gasteiger partial charge in [0.15, 0.2) is 5.11 Å². The number of nitrogens with one attached hydrogen (secondary N) is 1. The summed E-state index contributed by atoms with van der Waals surface area (Å²) in [7, 11) is 0. The highest BCUT2D eigenvalue weighted by Gasteiger charge is 2.32. The molecule has 1 heterocycles. The molecule has 4 nitrogen and oxygen atoms in total. The van der Waals surface area contributed by atoms with Gasteiger partial charge in [0.05, 0.1) is 0 Å². The fourth-order valence-electron chi connectivity index (χ4n) is 1.82. The van der Waals surface area contributed by atoms with Crippen LogP contribution in [-0.4, -0.2) is 28.4 Å². The zero-order valence-electron chi connectivity index (χ0n) is 11.1. The van der Waals surface area contributed by atoms with Crippen LogP contribution in [0.25, 0.3) is 6.08 Å². The van der Waals surface area contributed by atoms with Crippen LogP contribution in [0.2, 0.25) is 0 Å². The maximum atomic E-state index is 12.3. The summed E-state index contributed by atoms with van der Waals surface area (Å²) in [6.45, 7) is 5.81. The molecule has 0 unspecified atom stereocenters. The van der Waals surface area contributed by atoms with Gasteiger partial charge in [-0.05, 0) is 30.8 Å². The lowest BCUT2D eigenvalue weighted by Crippen LogP contribution is -2.53. The fourth-order valence-corrected chi connectivity index (χ4v) is 2.07. The third kappa shape index (κ3) is 2.83. The molecule has 0 atom stereocenters. The van der Waals surface area contributed by atoms with E-state index in [9.17, 15) is 9.59 Å². The Morgan fingerprint density at radius 3 is 2.55 bits per heavy atom. The molecule has 1 aliphatic rings. The van der Waals surface area contributed by atoms with Crippen molar-refractivity contribution in [3.05, 3.63) is 53.6 Å². The van der Waals surface area contributed by atoms with Crippen molar-refractivity contribution in [3.8, 4) is 0 Å². The molecule has 2 amide bonds. The molecule has 1 aromatic rings. The summed E-state index contributed by atoms with van der Waals surface area (Å²) in [6.07, 6.45) is 3.13. The lowest BCUT2D eigenvalue weighted by molar-refractivity contribution is -0.128. The van der Waals surface area contributed by atoms with Gasteiger partial charge in [0.1, 0.15) is 5.57 Å². The summed E-state index contributed by atoms with van der Waals surface area (Å²) in [5.41, 5.74) is 1.98. The molecule has 1 aliphatic heterocycles. The number of thiocarbonyl (C=S) groups is 1. The second kappa shape index (κ2) is 5.79. The van der Waals surface area contributed by atoms with Crippen molar-refractivity contribution in [3.63, 3.8) is 0 Å². The Labute approximate surface area is 122 Å². The van der Waals surface area contributed by atoms with E-state index < -0.39 is 11.8 Å². The Hall–Kier alpha value is -2.27. The molecule has 1 aromatic carbocycles. The van der Waals surface area contributed by atoms with Crippen LogP contribution in [-0.2, 0) is 9.59 Å². The van der Waals surface area contributed by atoms with Crippen molar-refractivity contribution >= 4 is 35.2 Å². The number of carbonyl (C=O) groups excluding carboxylic acids is 2. The third-order valence-corrected chi connectivity index (χ3v) is 3.21. The van der Waals surface area contributed by atoms with Crippen molar-refractivity contribution in [2.75, 3.05) is 6.54 Å². The van der Waals surface area contributed by atoms with Crippen molar-refractivity contribution in [1.29, 1.82) is 0 Å². The quantitative estimate of drug-likeness (QED) is 0.399. The van der Waals surface area contributed by atoms with E-state index in [0.717, 1.165) is 11.1 Å².